The number of ether oxygens (including phenoxy) is 2. The summed E-state index contributed by atoms with van der Waals surface area (Å²) in [5.74, 6) is 1.17. The molecule has 2 aromatic carbocycles. The first-order valence-corrected chi connectivity index (χ1v) is 10.5. The molecule has 5 nitrogen and oxygen atoms in total. The number of fused-ring (bicyclic) bond motifs is 1. The van der Waals surface area contributed by atoms with Gasteiger partial charge in [0.05, 0.1) is 35.2 Å². The van der Waals surface area contributed by atoms with E-state index < -0.39 is 0 Å². The monoisotopic (exact) mass is 438 g/mol. The fourth-order valence-electron chi connectivity index (χ4n) is 2.81. The summed E-state index contributed by atoms with van der Waals surface area (Å²) in [5, 5.41) is 2.26. The van der Waals surface area contributed by atoms with Crippen LogP contribution in [-0.2, 0) is 4.74 Å². The Labute approximate surface area is 177 Å². The summed E-state index contributed by atoms with van der Waals surface area (Å²) < 4.78 is 12.7. The molecule has 0 saturated heterocycles. The topological polar surface area (TPSA) is 53.4 Å². The maximum absolute atomic E-state index is 13.0. The molecule has 0 bridgehead atoms. The van der Waals surface area contributed by atoms with Crippen LogP contribution < -0.4 is 10.3 Å². The standard InChI is InChI=1S/C20H20Cl2N2O3S/c1-13(12-26-2)24-19(25)15-5-3-4-6-17(15)23-20(24)28-10-9-27-18-8-7-14(21)11-16(18)22/h3-8,11,13H,9-10,12H2,1-2H3. The van der Waals surface area contributed by atoms with Gasteiger partial charge >= 0.3 is 0 Å². The van der Waals surface area contributed by atoms with Gasteiger partial charge in [-0.2, -0.15) is 0 Å². The van der Waals surface area contributed by atoms with Crippen LogP contribution in [0.1, 0.15) is 13.0 Å². The van der Waals surface area contributed by atoms with E-state index in [1.165, 1.54) is 11.8 Å². The van der Waals surface area contributed by atoms with Gasteiger partial charge in [0.1, 0.15) is 5.75 Å². The van der Waals surface area contributed by atoms with Gasteiger partial charge in [-0.15, -0.1) is 0 Å². The van der Waals surface area contributed by atoms with E-state index in [2.05, 4.69) is 4.98 Å². The minimum atomic E-state index is -0.135. The summed E-state index contributed by atoms with van der Waals surface area (Å²) in [5.41, 5.74) is 0.608. The molecule has 1 atom stereocenters. The van der Waals surface area contributed by atoms with E-state index in [1.807, 2.05) is 25.1 Å². The van der Waals surface area contributed by atoms with Crippen LogP contribution in [0.25, 0.3) is 10.9 Å². The molecule has 0 saturated carbocycles. The Morgan fingerprint density at radius 1 is 1.21 bits per heavy atom. The van der Waals surface area contributed by atoms with Crippen LogP contribution in [0, 0.1) is 0 Å². The normalized spacial score (nSPS) is 12.3. The van der Waals surface area contributed by atoms with Gasteiger partial charge in [-0.05, 0) is 37.3 Å². The zero-order chi connectivity index (χ0) is 20.1. The predicted octanol–water partition coefficient (Wildman–Crippen LogP) is 5.08. The summed E-state index contributed by atoms with van der Waals surface area (Å²) >= 11 is 13.5. The Morgan fingerprint density at radius 3 is 2.75 bits per heavy atom. The minimum absolute atomic E-state index is 0.0701. The fourth-order valence-corrected chi connectivity index (χ4v) is 4.19. The number of halogens is 2. The Hall–Kier alpha value is -1.73. The van der Waals surface area contributed by atoms with E-state index in [9.17, 15) is 4.79 Å². The average molecular weight is 439 g/mol. The lowest BCUT2D eigenvalue weighted by Crippen LogP contribution is -2.28. The van der Waals surface area contributed by atoms with Gasteiger partial charge in [0, 0.05) is 17.9 Å². The van der Waals surface area contributed by atoms with Crippen molar-refractivity contribution in [1.82, 2.24) is 9.55 Å². The largest absolute Gasteiger partial charge is 0.491 e. The van der Waals surface area contributed by atoms with Crippen LogP contribution in [0.15, 0.2) is 52.4 Å². The zero-order valence-electron chi connectivity index (χ0n) is 15.5. The zero-order valence-corrected chi connectivity index (χ0v) is 17.9. The third-order valence-electron chi connectivity index (χ3n) is 4.09. The molecular weight excluding hydrogens is 419 g/mol. The summed E-state index contributed by atoms with van der Waals surface area (Å²) in [6.45, 7) is 2.77. The summed E-state index contributed by atoms with van der Waals surface area (Å²) in [7, 11) is 1.62. The summed E-state index contributed by atoms with van der Waals surface area (Å²) in [6, 6.07) is 12.3. The van der Waals surface area contributed by atoms with Gasteiger partial charge in [-0.1, -0.05) is 47.1 Å². The molecule has 28 heavy (non-hydrogen) atoms. The number of nitrogens with zero attached hydrogens (tertiary/aromatic N) is 2. The predicted molar refractivity (Wildman–Crippen MR) is 115 cm³/mol. The molecule has 1 heterocycles. The van der Waals surface area contributed by atoms with Gasteiger partial charge in [-0.25, -0.2) is 4.98 Å². The molecule has 0 N–H and O–H groups in total. The van der Waals surface area contributed by atoms with Crippen molar-refractivity contribution in [2.45, 2.75) is 18.1 Å². The molecule has 0 spiro atoms. The second-order valence-electron chi connectivity index (χ2n) is 6.16. The first-order chi connectivity index (χ1) is 13.5. The lowest BCUT2D eigenvalue weighted by molar-refractivity contribution is 0.156. The molecule has 8 heteroatoms. The molecule has 0 radical (unpaired) electrons. The van der Waals surface area contributed by atoms with Crippen LogP contribution in [0.3, 0.4) is 0 Å². The van der Waals surface area contributed by atoms with E-state index in [0.29, 0.717) is 50.8 Å². The number of hydrogen-bond acceptors (Lipinski definition) is 5. The SMILES string of the molecule is COCC(C)n1c(SCCOc2ccc(Cl)cc2Cl)nc2ccccc2c1=O. The number of thioether (sulfide) groups is 1. The second-order valence-corrected chi connectivity index (χ2v) is 8.07. The Morgan fingerprint density at radius 2 is 2.00 bits per heavy atom. The smallest absolute Gasteiger partial charge is 0.262 e. The van der Waals surface area contributed by atoms with E-state index in [4.69, 9.17) is 32.7 Å². The Bertz CT molecular complexity index is 1030. The number of hydrogen-bond donors (Lipinski definition) is 0. The summed E-state index contributed by atoms with van der Waals surface area (Å²) in [4.78, 5) is 17.7. The minimum Gasteiger partial charge on any atom is -0.491 e. The van der Waals surface area contributed by atoms with Crippen LogP contribution in [0.5, 0.6) is 5.75 Å². The Kier molecular flexibility index (Phi) is 7.24. The highest BCUT2D eigenvalue weighted by atomic mass is 35.5. The molecule has 1 aromatic heterocycles. The Balaban J connectivity index is 1.79. The molecule has 1 unspecified atom stereocenters. The lowest BCUT2D eigenvalue weighted by atomic mass is 10.2. The number of para-hydroxylation sites is 1. The highest BCUT2D eigenvalue weighted by Crippen LogP contribution is 2.28. The molecule has 3 aromatic rings. The van der Waals surface area contributed by atoms with E-state index in [1.54, 1.807) is 35.9 Å². The van der Waals surface area contributed by atoms with Crippen LogP contribution in [-0.4, -0.2) is 35.6 Å². The first-order valence-electron chi connectivity index (χ1n) is 8.72. The maximum atomic E-state index is 13.0. The van der Waals surface area contributed by atoms with Gasteiger partial charge in [0.2, 0.25) is 0 Å². The van der Waals surface area contributed by atoms with Gasteiger partial charge < -0.3 is 9.47 Å². The van der Waals surface area contributed by atoms with Crippen molar-refractivity contribution in [2.24, 2.45) is 0 Å². The van der Waals surface area contributed by atoms with Crippen molar-refractivity contribution in [3.63, 3.8) is 0 Å². The van der Waals surface area contributed by atoms with Crippen molar-refractivity contribution in [3.05, 3.63) is 62.9 Å². The highest BCUT2D eigenvalue weighted by Gasteiger charge is 2.16. The van der Waals surface area contributed by atoms with Crippen LogP contribution >= 0.6 is 35.0 Å². The van der Waals surface area contributed by atoms with Gasteiger partial charge in [0.25, 0.3) is 5.56 Å². The van der Waals surface area contributed by atoms with Crippen molar-refractivity contribution >= 4 is 45.9 Å². The van der Waals surface area contributed by atoms with E-state index in [0.717, 1.165) is 0 Å². The van der Waals surface area contributed by atoms with Crippen molar-refractivity contribution < 1.29 is 9.47 Å². The van der Waals surface area contributed by atoms with Crippen molar-refractivity contribution in [1.29, 1.82) is 0 Å². The number of aromatic nitrogens is 2. The number of methoxy groups -OCH3 is 1. The van der Waals surface area contributed by atoms with Crippen molar-refractivity contribution in [3.8, 4) is 5.75 Å². The van der Waals surface area contributed by atoms with E-state index in [-0.39, 0.29) is 11.6 Å². The third-order valence-corrected chi connectivity index (χ3v) is 5.54. The van der Waals surface area contributed by atoms with E-state index >= 15 is 0 Å². The quantitative estimate of drug-likeness (QED) is 0.278. The summed E-state index contributed by atoms with van der Waals surface area (Å²) in [6.07, 6.45) is 0. The fraction of sp³-hybridized carbons (Fsp3) is 0.300. The van der Waals surface area contributed by atoms with Crippen LogP contribution in [0.4, 0.5) is 0 Å². The number of rotatable bonds is 8. The molecule has 3 rings (SSSR count). The molecule has 0 fully saturated rings. The molecule has 0 aliphatic carbocycles. The molecule has 0 aliphatic heterocycles. The number of benzene rings is 2. The average Bonchev–Trinajstić information content (AvgIpc) is 2.67. The molecular formula is C20H20Cl2N2O3S. The van der Waals surface area contributed by atoms with Gasteiger partial charge in [0.15, 0.2) is 5.16 Å². The van der Waals surface area contributed by atoms with Crippen molar-refractivity contribution in [2.75, 3.05) is 26.1 Å². The van der Waals surface area contributed by atoms with Gasteiger partial charge in [-0.3, -0.25) is 9.36 Å². The molecule has 0 amide bonds. The first kappa shape index (κ1) is 21.0. The lowest BCUT2D eigenvalue weighted by Gasteiger charge is -2.19. The maximum Gasteiger partial charge on any atom is 0.262 e. The van der Waals surface area contributed by atoms with Crippen LogP contribution in [0.2, 0.25) is 10.0 Å². The molecule has 0 aliphatic rings. The highest BCUT2D eigenvalue weighted by molar-refractivity contribution is 7.99. The second kappa shape index (κ2) is 9.65. The third kappa shape index (κ3) is 4.81. The molecule has 148 valence electrons.